The number of carbonyl (C=O) groups excluding carboxylic acids is 1. The Kier molecular flexibility index (Phi) is 8.29. The number of benzene rings is 3. The molecule has 0 saturated carbocycles. The molecular formula is C31H35ClN4O3. The second kappa shape index (κ2) is 12.0. The van der Waals surface area contributed by atoms with Gasteiger partial charge in [0.1, 0.15) is 17.5 Å². The molecule has 1 amide bonds. The molecule has 3 N–H and O–H groups in total. The smallest absolute Gasteiger partial charge is 0.416 e. The van der Waals surface area contributed by atoms with Crippen LogP contribution < -0.4 is 15.2 Å². The topological polar surface area (TPSA) is 83.8 Å². The van der Waals surface area contributed by atoms with Crippen LogP contribution in [0.2, 0.25) is 5.02 Å². The number of halogens is 1. The summed E-state index contributed by atoms with van der Waals surface area (Å²) in [4.78, 5) is 21.2. The quantitative estimate of drug-likeness (QED) is 0.181. The summed E-state index contributed by atoms with van der Waals surface area (Å²) in [6.07, 6.45) is 1.25. The van der Waals surface area contributed by atoms with Crippen LogP contribution in [0.4, 0.5) is 10.5 Å². The van der Waals surface area contributed by atoms with Crippen LogP contribution in [0.25, 0.3) is 10.9 Å². The van der Waals surface area contributed by atoms with E-state index in [2.05, 4.69) is 23.7 Å². The number of nitrogen functional groups attached to an aromatic ring is 1. The van der Waals surface area contributed by atoms with Crippen molar-refractivity contribution in [2.24, 2.45) is 0 Å². The number of hydrogen-bond acceptors (Lipinski definition) is 5. The Morgan fingerprint density at radius 3 is 2.49 bits per heavy atom. The first-order valence-electron chi connectivity index (χ1n) is 13.6. The molecule has 5 rings (SSSR count). The van der Waals surface area contributed by atoms with Gasteiger partial charge in [0.25, 0.3) is 0 Å². The highest BCUT2D eigenvalue weighted by Gasteiger charge is 2.35. The molecule has 39 heavy (non-hydrogen) atoms. The normalized spacial score (nSPS) is 15.0. The zero-order chi connectivity index (χ0) is 27.4. The number of anilines is 1. The molecule has 4 aromatic rings. The minimum Gasteiger partial charge on any atom is -0.494 e. The second-order valence-electron chi connectivity index (χ2n) is 9.79. The summed E-state index contributed by atoms with van der Waals surface area (Å²) in [6, 6.07) is 20.4. The van der Waals surface area contributed by atoms with E-state index < -0.39 is 6.09 Å². The number of ether oxygens (including phenoxy) is 2. The van der Waals surface area contributed by atoms with Crippen molar-refractivity contribution in [2.75, 3.05) is 38.5 Å². The van der Waals surface area contributed by atoms with Crippen molar-refractivity contribution in [3.8, 4) is 11.5 Å². The number of nitrogens with one attached hydrogen (secondary N) is 1. The van der Waals surface area contributed by atoms with Crippen LogP contribution in [0, 0.1) is 0 Å². The van der Waals surface area contributed by atoms with E-state index in [0.29, 0.717) is 36.0 Å². The van der Waals surface area contributed by atoms with Crippen molar-refractivity contribution >= 4 is 34.3 Å². The predicted octanol–water partition coefficient (Wildman–Crippen LogP) is 6.66. The van der Waals surface area contributed by atoms with Crippen LogP contribution in [-0.4, -0.2) is 53.7 Å². The minimum absolute atomic E-state index is 0.348. The van der Waals surface area contributed by atoms with Gasteiger partial charge in [-0.1, -0.05) is 37.6 Å². The highest BCUT2D eigenvalue weighted by Crippen LogP contribution is 2.39. The average molecular weight is 547 g/mol. The van der Waals surface area contributed by atoms with Crippen molar-refractivity contribution in [3.05, 3.63) is 88.6 Å². The van der Waals surface area contributed by atoms with Crippen LogP contribution in [0.5, 0.6) is 11.5 Å². The fourth-order valence-electron chi connectivity index (χ4n) is 5.28. The Hall–Kier alpha value is -3.68. The first kappa shape index (κ1) is 26.9. The van der Waals surface area contributed by atoms with Gasteiger partial charge in [0.15, 0.2) is 0 Å². The van der Waals surface area contributed by atoms with Crippen molar-refractivity contribution < 1.29 is 14.3 Å². The number of nitrogens with two attached hydrogens (primary N) is 1. The van der Waals surface area contributed by atoms with Crippen LogP contribution in [-0.2, 0) is 6.42 Å². The Balaban J connectivity index is 1.40. The maximum absolute atomic E-state index is 13.5. The number of aromatic nitrogens is 1. The molecule has 2 heterocycles. The lowest BCUT2D eigenvalue weighted by atomic mass is 9.92. The fourth-order valence-corrected chi connectivity index (χ4v) is 5.40. The van der Waals surface area contributed by atoms with Crippen molar-refractivity contribution in [2.45, 2.75) is 32.7 Å². The summed E-state index contributed by atoms with van der Waals surface area (Å²) in [7, 11) is 0. The number of rotatable bonds is 9. The summed E-state index contributed by atoms with van der Waals surface area (Å²) in [6.45, 7) is 8.64. The molecule has 7 nitrogen and oxygen atoms in total. The van der Waals surface area contributed by atoms with Gasteiger partial charge in [-0.25, -0.2) is 4.79 Å². The standard InChI is InChI=1S/C31H35ClN4O3/c1-3-35(4-2)17-5-19-38-24-11-6-21(7-12-24)30-29-26(27-20-23(33)10-15-28(27)34-29)16-18-36(30)31(37)39-25-13-8-22(32)9-14-25/h6-15,20,30,34H,3-5,16-19,33H2,1-2H3. The van der Waals surface area contributed by atoms with E-state index in [4.69, 9.17) is 26.8 Å². The maximum Gasteiger partial charge on any atom is 0.416 e. The van der Waals surface area contributed by atoms with Crippen molar-refractivity contribution in [3.63, 3.8) is 0 Å². The highest BCUT2D eigenvalue weighted by atomic mass is 35.5. The second-order valence-corrected chi connectivity index (χ2v) is 10.2. The average Bonchev–Trinajstić information content (AvgIpc) is 3.32. The van der Waals surface area contributed by atoms with Gasteiger partial charge in [-0.2, -0.15) is 0 Å². The molecule has 0 fully saturated rings. The summed E-state index contributed by atoms with van der Waals surface area (Å²) >= 11 is 6.01. The number of H-pyrrole nitrogens is 1. The van der Waals surface area contributed by atoms with E-state index in [1.54, 1.807) is 29.2 Å². The van der Waals surface area contributed by atoms with Crippen LogP contribution in [0.15, 0.2) is 66.7 Å². The maximum atomic E-state index is 13.5. The molecule has 1 aromatic heterocycles. The lowest BCUT2D eigenvalue weighted by Crippen LogP contribution is -2.42. The van der Waals surface area contributed by atoms with Crippen LogP contribution in [0.1, 0.15) is 43.1 Å². The van der Waals surface area contributed by atoms with Gasteiger partial charge >= 0.3 is 6.09 Å². The Morgan fingerprint density at radius 2 is 1.77 bits per heavy atom. The van der Waals surface area contributed by atoms with Gasteiger partial charge in [-0.3, -0.25) is 4.90 Å². The van der Waals surface area contributed by atoms with E-state index in [1.165, 1.54) is 5.56 Å². The van der Waals surface area contributed by atoms with Crippen LogP contribution >= 0.6 is 11.6 Å². The summed E-state index contributed by atoms with van der Waals surface area (Å²) in [5.41, 5.74) is 10.9. The van der Waals surface area contributed by atoms with E-state index in [-0.39, 0.29) is 6.04 Å². The first-order chi connectivity index (χ1) is 19.0. The minimum atomic E-state index is -0.414. The largest absolute Gasteiger partial charge is 0.494 e. The van der Waals surface area contributed by atoms with Gasteiger partial charge < -0.3 is 25.1 Å². The molecular weight excluding hydrogens is 512 g/mol. The zero-order valence-electron chi connectivity index (χ0n) is 22.5. The van der Waals surface area contributed by atoms with Gasteiger partial charge in [0, 0.05) is 40.4 Å². The van der Waals surface area contributed by atoms with Crippen LogP contribution in [0.3, 0.4) is 0 Å². The number of hydrogen-bond donors (Lipinski definition) is 2. The third-order valence-corrected chi connectivity index (χ3v) is 7.63. The van der Waals surface area contributed by atoms with Gasteiger partial charge in [0.05, 0.1) is 6.61 Å². The molecule has 1 aliphatic rings. The molecule has 0 aliphatic carbocycles. The number of nitrogens with zero attached hydrogens (tertiary/aromatic N) is 2. The number of aromatic amines is 1. The molecule has 8 heteroatoms. The number of fused-ring (bicyclic) bond motifs is 3. The molecule has 1 aliphatic heterocycles. The molecule has 0 bridgehead atoms. The van der Waals surface area contributed by atoms with Crippen molar-refractivity contribution in [1.82, 2.24) is 14.8 Å². The lowest BCUT2D eigenvalue weighted by Gasteiger charge is -2.35. The van der Waals surface area contributed by atoms with Gasteiger partial charge in [0.2, 0.25) is 0 Å². The summed E-state index contributed by atoms with van der Waals surface area (Å²) in [5, 5.41) is 1.68. The number of amides is 1. The summed E-state index contributed by atoms with van der Waals surface area (Å²) in [5.74, 6) is 1.26. The molecule has 0 radical (unpaired) electrons. The van der Waals surface area contributed by atoms with Gasteiger partial charge in [-0.05, 0) is 91.7 Å². The van der Waals surface area contributed by atoms with Crippen molar-refractivity contribution in [1.29, 1.82) is 0 Å². The summed E-state index contributed by atoms with van der Waals surface area (Å²) < 4.78 is 11.8. The fraction of sp³-hybridized carbons (Fsp3) is 0.323. The molecule has 0 saturated heterocycles. The third kappa shape index (κ3) is 6.00. The van der Waals surface area contributed by atoms with Gasteiger partial charge in [-0.15, -0.1) is 0 Å². The molecule has 1 atom stereocenters. The van der Waals surface area contributed by atoms with E-state index in [9.17, 15) is 4.79 Å². The van der Waals surface area contributed by atoms with E-state index >= 15 is 0 Å². The lowest BCUT2D eigenvalue weighted by molar-refractivity contribution is 0.135. The molecule has 0 spiro atoms. The SMILES string of the molecule is CCN(CC)CCCOc1ccc(C2c3[nH]c4ccc(N)cc4c3CCN2C(=O)Oc2ccc(Cl)cc2)cc1. The first-order valence-corrected chi connectivity index (χ1v) is 13.9. The highest BCUT2D eigenvalue weighted by molar-refractivity contribution is 6.30. The monoisotopic (exact) mass is 546 g/mol. The Morgan fingerprint density at radius 1 is 1.05 bits per heavy atom. The molecule has 204 valence electrons. The molecule has 1 unspecified atom stereocenters. The predicted molar refractivity (Wildman–Crippen MR) is 157 cm³/mol. The Labute approximate surface area is 234 Å². The van der Waals surface area contributed by atoms with E-state index in [1.807, 2.05) is 42.5 Å². The third-order valence-electron chi connectivity index (χ3n) is 7.38. The van der Waals surface area contributed by atoms with E-state index in [0.717, 1.165) is 54.0 Å². The Bertz CT molecular complexity index is 1410. The zero-order valence-corrected chi connectivity index (χ0v) is 23.2. The molecule has 3 aromatic carbocycles. The number of carbonyl (C=O) groups is 1.